The maximum Gasteiger partial charge on any atom is 0.467 e. The Morgan fingerprint density at radius 1 is 1.46 bits per heavy atom. The number of oxazole rings is 1. The van der Waals surface area contributed by atoms with Crippen molar-refractivity contribution in [1.29, 1.82) is 0 Å². The lowest BCUT2D eigenvalue weighted by atomic mass is 11.0. The molecule has 0 aliphatic heterocycles. The highest BCUT2D eigenvalue weighted by Crippen LogP contribution is 2.08. The number of nitrogens with zero attached hydrogens (tertiary/aromatic N) is 1. The summed E-state index contributed by atoms with van der Waals surface area (Å²) in [6, 6.07) is 0. The van der Waals surface area contributed by atoms with Crippen LogP contribution in [-0.4, -0.2) is 21.8 Å². The average Bonchev–Trinajstić information content (AvgIpc) is 2.34. The van der Waals surface area contributed by atoms with E-state index in [1.807, 2.05) is 0 Å². The summed E-state index contributed by atoms with van der Waals surface area (Å²) in [4.78, 5) is 3.26. The van der Waals surface area contributed by atoms with Crippen molar-refractivity contribution in [2.24, 2.45) is 0 Å². The van der Waals surface area contributed by atoms with Crippen molar-refractivity contribution in [1.82, 2.24) is 4.98 Å². The standard InChI is InChI=1S/C3H3NO7S2/c5-12(6)11-13(7,8)10-3-4-1-2-9-3/h1-2,12H. The molecule has 0 aliphatic rings. The molecule has 0 spiro atoms. The van der Waals surface area contributed by atoms with E-state index in [0.29, 0.717) is 0 Å². The van der Waals surface area contributed by atoms with E-state index in [-0.39, 0.29) is 0 Å². The van der Waals surface area contributed by atoms with E-state index >= 15 is 0 Å². The molecule has 1 aromatic heterocycles. The Morgan fingerprint density at radius 2 is 2.15 bits per heavy atom. The van der Waals surface area contributed by atoms with Crippen LogP contribution in [0.3, 0.4) is 0 Å². The predicted molar refractivity (Wildman–Crippen MR) is 37.5 cm³/mol. The van der Waals surface area contributed by atoms with Crippen LogP contribution >= 0.6 is 0 Å². The minimum atomic E-state index is -4.66. The molecule has 0 aliphatic carbocycles. The van der Waals surface area contributed by atoms with Crippen LogP contribution in [0.4, 0.5) is 0 Å². The number of hydrogen-bond donors (Lipinski definition) is 1. The van der Waals surface area contributed by atoms with Crippen LogP contribution in [0, 0.1) is 0 Å². The molecular weight excluding hydrogens is 226 g/mol. The smallest absolute Gasteiger partial charge is 0.417 e. The van der Waals surface area contributed by atoms with Crippen LogP contribution in [0.1, 0.15) is 0 Å². The first-order valence-electron chi connectivity index (χ1n) is 2.67. The minimum absolute atomic E-state index is 0.628. The fourth-order valence-electron chi connectivity index (χ4n) is 0.429. The van der Waals surface area contributed by atoms with E-state index in [1.165, 1.54) is 0 Å². The summed E-state index contributed by atoms with van der Waals surface area (Å²) in [6.45, 7) is 0. The highest BCUT2D eigenvalue weighted by Gasteiger charge is 2.18. The topological polar surface area (TPSA) is 113 Å². The molecule has 1 aromatic rings. The third kappa shape index (κ3) is 3.40. The maximum absolute atomic E-state index is 10.6. The van der Waals surface area contributed by atoms with Crippen molar-refractivity contribution < 1.29 is 29.1 Å². The van der Waals surface area contributed by atoms with Crippen molar-refractivity contribution in [3.63, 3.8) is 0 Å². The fraction of sp³-hybridized carbons (Fsp3) is 0. The van der Waals surface area contributed by atoms with Gasteiger partial charge in [0.2, 0.25) is 0 Å². The molecular formula is C3H3NO7S2. The Kier molecular flexibility index (Phi) is 2.85. The molecule has 0 saturated carbocycles. The molecule has 1 rings (SSSR count). The van der Waals surface area contributed by atoms with Gasteiger partial charge in [-0.2, -0.15) is 13.4 Å². The van der Waals surface area contributed by atoms with E-state index in [0.717, 1.165) is 12.5 Å². The molecule has 10 heteroatoms. The third-order valence-electron chi connectivity index (χ3n) is 0.735. The summed E-state index contributed by atoms with van der Waals surface area (Å²) < 4.78 is 52.6. The second kappa shape index (κ2) is 3.72. The first-order chi connectivity index (χ1) is 5.99. The summed E-state index contributed by atoms with van der Waals surface area (Å²) in [5, 5.41) is 0. The number of aromatic nitrogens is 1. The minimum Gasteiger partial charge on any atom is -0.417 e. The number of rotatable bonds is 4. The Balaban J connectivity index is 2.74. The summed E-state index contributed by atoms with van der Waals surface area (Å²) >= 11 is 0. The van der Waals surface area contributed by atoms with E-state index in [2.05, 4.69) is 17.2 Å². The van der Waals surface area contributed by atoms with Crippen molar-refractivity contribution in [3.8, 4) is 6.08 Å². The summed E-state index contributed by atoms with van der Waals surface area (Å²) in [7, 11) is -8.21. The van der Waals surface area contributed by atoms with Crippen LogP contribution in [0.5, 0.6) is 6.08 Å². The monoisotopic (exact) mass is 229 g/mol. The lowest BCUT2D eigenvalue weighted by molar-refractivity contribution is 0.330. The van der Waals surface area contributed by atoms with Gasteiger partial charge in [-0.1, -0.05) is 0 Å². The highest BCUT2D eigenvalue weighted by molar-refractivity contribution is 7.90. The van der Waals surface area contributed by atoms with Crippen LogP contribution in [0.2, 0.25) is 0 Å². The molecule has 13 heavy (non-hydrogen) atoms. The van der Waals surface area contributed by atoms with Gasteiger partial charge in [-0.25, -0.2) is 8.42 Å². The van der Waals surface area contributed by atoms with Gasteiger partial charge in [-0.3, -0.25) is 0 Å². The van der Waals surface area contributed by atoms with Gasteiger partial charge in [0.1, 0.15) is 6.26 Å². The molecule has 0 fully saturated rings. The molecule has 74 valence electrons. The Labute approximate surface area is 74.6 Å². The molecule has 0 radical (unpaired) electrons. The van der Waals surface area contributed by atoms with Crippen molar-refractivity contribution in [3.05, 3.63) is 12.5 Å². The van der Waals surface area contributed by atoms with Crippen LogP contribution < -0.4 is 4.18 Å². The molecule has 0 N–H and O–H groups in total. The molecule has 0 aromatic carbocycles. The Bertz CT molecular complexity index is 420. The fourth-order valence-corrected chi connectivity index (χ4v) is 1.40. The zero-order valence-electron chi connectivity index (χ0n) is 5.82. The lowest BCUT2D eigenvalue weighted by Crippen LogP contribution is -2.12. The molecule has 0 unspecified atom stereocenters. The summed E-state index contributed by atoms with van der Waals surface area (Å²) in [6.07, 6.45) is 1.53. The van der Waals surface area contributed by atoms with Crippen molar-refractivity contribution in [2.75, 3.05) is 0 Å². The van der Waals surface area contributed by atoms with E-state index < -0.39 is 27.5 Å². The third-order valence-corrected chi connectivity index (χ3v) is 2.30. The van der Waals surface area contributed by atoms with E-state index in [1.54, 1.807) is 0 Å². The average molecular weight is 229 g/mol. The SMILES string of the molecule is O=[SH](=O)OS(=O)(=O)Oc1ncco1. The van der Waals surface area contributed by atoms with Gasteiger partial charge < -0.3 is 8.60 Å². The van der Waals surface area contributed by atoms with E-state index in [9.17, 15) is 16.8 Å². The van der Waals surface area contributed by atoms with Gasteiger partial charge in [0, 0.05) is 0 Å². The van der Waals surface area contributed by atoms with Gasteiger partial charge in [0.25, 0.3) is 11.0 Å². The summed E-state index contributed by atoms with van der Waals surface area (Å²) in [5.74, 6) is 0. The van der Waals surface area contributed by atoms with Crippen molar-refractivity contribution in [2.45, 2.75) is 0 Å². The molecule has 1 heterocycles. The van der Waals surface area contributed by atoms with Crippen LogP contribution in [0.25, 0.3) is 0 Å². The normalized spacial score (nSPS) is 11.8. The first kappa shape index (κ1) is 9.95. The molecule has 0 atom stereocenters. The molecule has 0 amide bonds. The molecule has 8 nitrogen and oxygen atoms in total. The lowest BCUT2D eigenvalue weighted by Gasteiger charge is -1.95. The number of thiol groups is 1. The van der Waals surface area contributed by atoms with Gasteiger partial charge in [-0.15, -0.1) is 3.63 Å². The summed E-state index contributed by atoms with van der Waals surface area (Å²) in [5.41, 5.74) is 0. The van der Waals surface area contributed by atoms with Crippen LogP contribution in [-0.2, 0) is 25.0 Å². The predicted octanol–water partition coefficient (Wildman–Crippen LogP) is -1.16. The first-order valence-corrected chi connectivity index (χ1v) is 5.10. The van der Waals surface area contributed by atoms with Gasteiger partial charge in [0.15, 0.2) is 0 Å². The zero-order valence-corrected chi connectivity index (χ0v) is 7.53. The zero-order chi connectivity index (χ0) is 9.90. The molecule has 0 saturated heterocycles. The van der Waals surface area contributed by atoms with Gasteiger partial charge in [0.05, 0.1) is 6.20 Å². The Hall–Kier alpha value is -1.13. The second-order valence-corrected chi connectivity index (χ2v) is 3.61. The molecule has 0 bridgehead atoms. The Morgan fingerprint density at radius 3 is 2.62 bits per heavy atom. The van der Waals surface area contributed by atoms with Gasteiger partial charge in [-0.05, 0) is 0 Å². The largest absolute Gasteiger partial charge is 0.467 e. The van der Waals surface area contributed by atoms with Crippen LogP contribution in [0.15, 0.2) is 16.9 Å². The number of hydrogen-bond acceptors (Lipinski definition) is 8. The van der Waals surface area contributed by atoms with Gasteiger partial charge >= 0.3 is 16.5 Å². The van der Waals surface area contributed by atoms with Crippen molar-refractivity contribution >= 4 is 21.4 Å². The maximum atomic E-state index is 10.6. The quantitative estimate of drug-likeness (QED) is 0.643. The van der Waals surface area contributed by atoms with E-state index in [4.69, 9.17) is 0 Å². The second-order valence-electron chi connectivity index (χ2n) is 1.59. The highest BCUT2D eigenvalue weighted by atomic mass is 32.3.